The van der Waals surface area contributed by atoms with Gasteiger partial charge in [-0.1, -0.05) is 26.0 Å². The van der Waals surface area contributed by atoms with Crippen molar-refractivity contribution in [3.8, 4) is 5.75 Å². The second-order valence-corrected chi connectivity index (χ2v) is 4.74. The summed E-state index contributed by atoms with van der Waals surface area (Å²) in [4.78, 5) is 0. The van der Waals surface area contributed by atoms with Crippen molar-refractivity contribution in [3.63, 3.8) is 0 Å². The largest absolute Gasteiger partial charge is 0.496 e. The van der Waals surface area contributed by atoms with Gasteiger partial charge in [0.1, 0.15) is 5.75 Å². The summed E-state index contributed by atoms with van der Waals surface area (Å²) in [5.41, 5.74) is 4.15. The van der Waals surface area contributed by atoms with Crippen LogP contribution in [0.5, 0.6) is 5.75 Å². The predicted molar refractivity (Wildman–Crippen MR) is 68.9 cm³/mol. The maximum atomic E-state index is 5.45. The van der Waals surface area contributed by atoms with Crippen LogP contribution in [0.4, 0.5) is 0 Å². The van der Waals surface area contributed by atoms with Crippen molar-refractivity contribution < 1.29 is 4.74 Å². The minimum absolute atomic E-state index is 0.576. The molecule has 0 aliphatic heterocycles. The van der Waals surface area contributed by atoms with E-state index in [1.54, 1.807) is 7.11 Å². The Labute approximate surface area is 98.1 Å². The molecule has 0 saturated heterocycles. The fourth-order valence-electron chi connectivity index (χ4n) is 2.25. The molecular formula is C15H20O. The standard InChI is InChI=1S/C15H20O/c1-11(2)13-8-9-15(16-3)14(10-13)12-6-4-5-7-12/h6,8-11H,4-5,7H2,1-3H3. The third kappa shape index (κ3) is 2.13. The molecule has 0 fully saturated rings. The molecule has 0 aromatic heterocycles. The Morgan fingerprint density at radius 3 is 2.62 bits per heavy atom. The Morgan fingerprint density at radius 1 is 1.25 bits per heavy atom. The summed E-state index contributed by atoms with van der Waals surface area (Å²) in [7, 11) is 1.75. The van der Waals surface area contributed by atoms with Gasteiger partial charge in [-0.15, -0.1) is 0 Å². The molecule has 2 rings (SSSR count). The Morgan fingerprint density at radius 2 is 2.06 bits per heavy atom. The second-order valence-electron chi connectivity index (χ2n) is 4.74. The first-order valence-electron chi connectivity index (χ1n) is 6.09. The first-order valence-corrected chi connectivity index (χ1v) is 6.09. The van der Waals surface area contributed by atoms with Crippen LogP contribution in [0.25, 0.3) is 5.57 Å². The van der Waals surface area contributed by atoms with Crippen LogP contribution in [0.1, 0.15) is 50.2 Å². The SMILES string of the molecule is COc1ccc(C(C)C)cc1C1=CCCC1. The minimum Gasteiger partial charge on any atom is -0.496 e. The summed E-state index contributed by atoms with van der Waals surface area (Å²) < 4.78 is 5.45. The molecule has 0 spiro atoms. The second kappa shape index (κ2) is 4.73. The average molecular weight is 216 g/mol. The van der Waals surface area contributed by atoms with Gasteiger partial charge in [0.15, 0.2) is 0 Å². The summed E-state index contributed by atoms with van der Waals surface area (Å²) in [6, 6.07) is 6.56. The van der Waals surface area contributed by atoms with Gasteiger partial charge in [0.05, 0.1) is 7.11 Å². The third-order valence-electron chi connectivity index (χ3n) is 3.28. The molecule has 1 aromatic rings. The summed E-state index contributed by atoms with van der Waals surface area (Å²) in [5.74, 6) is 1.59. The van der Waals surface area contributed by atoms with Gasteiger partial charge in [0.25, 0.3) is 0 Å². The van der Waals surface area contributed by atoms with Crippen LogP contribution in [0.15, 0.2) is 24.3 Å². The van der Waals surface area contributed by atoms with E-state index in [1.807, 2.05) is 0 Å². The van der Waals surface area contributed by atoms with Gasteiger partial charge >= 0.3 is 0 Å². The number of ether oxygens (including phenoxy) is 1. The Kier molecular flexibility index (Phi) is 3.33. The lowest BCUT2D eigenvalue weighted by Crippen LogP contribution is -1.94. The smallest absolute Gasteiger partial charge is 0.126 e. The van der Waals surface area contributed by atoms with E-state index >= 15 is 0 Å². The average Bonchev–Trinajstić information content (AvgIpc) is 2.81. The predicted octanol–water partition coefficient (Wildman–Crippen LogP) is 4.39. The number of hydrogen-bond donors (Lipinski definition) is 0. The van der Waals surface area contributed by atoms with Gasteiger partial charge in [-0.2, -0.15) is 0 Å². The summed E-state index contributed by atoms with van der Waals surface area (Å²) in [6.07, 6.45) is 6.04. The summed E-state index contributed by atoms with van der Waals surface area (Å²) >= 11 is 0. The molecule has 0 heterocycles. The molecule has 0 saturated carbocycles. The van der Waals surface area contributed by atoms with Gasteiger partial charge in [-0.25, -0.2) is 0 Å². The maximum Gasteiger partial charge on any atom is 0.126 e. The van der Waals surface area contributed by atoms with Crippen LogP contribution in [0.3, 0.4) is 0 Å². The molecule has 1 aliphatic rings. The highest BCUT2D eigenvalue weighted by Gasteiger charge is 2.13. The van der Waals surface area contributed by atoms with E-state index in [0.29, 0.717) is 5.92 Å². The number of rotatable bonds is 3. The fourth-order valence-corrected chi connectivity index (χ4v) is 2.25. The molecule has 1 aromatic carbocycles. The number of hydrogen-bond acceptors (Lipinski definition) is 1. The molecule has 0 radical (unpaired) electrons. The highest BCUT2D eigenvalue weighted by molar-refractivity contribution is 5.72. The van der Waals surface area contributed by atoms with Crippen molar-refractivity contribution >= 4 is 5.57 Å². The zero-order valence-electron chi connectivity index (χ0n) is 10.4. The number of methoxy groups -OCH3 is 1. The molecule has 0 bridgehead atoms. The van der Waals surface area contributed by atoms with Crippen LogP contribution in [0.2, 0.25) is 0 Å². The number of allylic oxidation sites excluding steroid dienone is 2. The molecule has 0 N–H and O–H groups in total. The normalized spacial score (nSPS) is 15.4. The van der Waals surface area contributed by atoms with Crippen LogP contribution < -0.4 is 4.74 Å². The topological polar surface area (TPSA) is 9.23 Å². The van der Waals surface area contributed by atoms with Crippen LogP contribution in [0, 0.1) is 0 Å². The molecule has 1 nitrogen and oxygen atoms in total. The zero-order valence-corrected chi connectivity index (χ0v) is 10.4. The van der Waals surface area contributed by atoms with Gasteiger partial charge in [0.2, 0.25) is 0 Å². The highest BCUT2D eigenvalue weighted by atomic mass is 16.5. The Balaban J connectivity index is 2.43. The van der Waals surface area contributed by atoms with Crippen molar-refractivity contribution in [2.45, 2.75) is 39.0 Å². The lowest BCUT2D eigenvalue weighted by Gasteiger charge is -2.13. The first kappa shape index (κ1) is 11.3. The summed E-state index contributed by atoms with van der Waals surface area (Å²) in [5, 5.41) is 0. The van der Waals surface area contributed by atoms with E-state index in [1.165, 1.54) is 36.0 Å². The quantitative estimate of drug-likeness (QED) is 0.728. The van der Waals surface area contributed by atoms with Crippen LogP contribution in [-0.2, 0) is 0 Å². The molecule has 0 amide bonds. The van der Waals surface area contributed by atoms with Crippen molar-refractivity contribution in [2.24, 2.45) is 0 Å². The van der Waals surface area contributed by atoms with Crippen LogP contribution in [-0.4, -0.2) is 7.11 Å². The van der Waals surface area contributed by atoms with E-state index in [4.69, 9.17) is 4.74 Å². The van der Waals surface area contributed by atoms with E-state index in [0.717, 1.165) is 5.75 Å². The lowest BCUT2D eigenvalue weighted by molar-refractivity contribution is 0.413. The Bertz CT molecular complexity index is 402. The molecule has 0 unspecified atom stereocenters. The monoisotopic (exact) mass is 216 g/mol. The molecule has 1 aliphatic carbocycles. The van der Waals surface area contributed by atoms with E-state index < -0.39 is 0 Å². The van der Waals surface area contributed by atoms with Gasteiger partial charge in [-0.05, 0) is 48.4 Å². The fraction of sp³-hybridized carbons (Fsp3) is 0.467. The molecular weight excluding hydrogens is 196 g/mol. The van der Waals surface area contributed by atoms with Gasteiger partial charge in [0, 0.05) is 5.56 Å². The molecule has 86 valence electrons. The molecule has 0 atom stereocenters. The van der Waals surface area contributed by atoms with Crippen molar-refractivity contribution in [1.29, 1.82) is 0 Å². The van der Waals surface area contributed by atoms with Gasteiger partial charge < -0.3 is 4.74 Å². The van der Waals surface area contributed by atoms with Crippen molar-refractivity contribution in [2.75, 3.05) is 7.11 Å². The van der Waals surface area contributed by atoms with Crippen LogP contribution >= 0.6 is 0 Å². The zero-order chi connectivity index (χ0) is 11.5. The lowest BCUT2D eigenvalue weighted by atomic mass is 9.96. The maximum absolute atomic E-state index is 5.45. The molecule has 16 heavy (non-hydrogen) atoms. The van der Waals surface area contributed by atoms with E-state index in [9.17, 15) is 0 Å². The first-order chi connectivity index (χ1) is 7.72. The van der Waals surface area contributed by atoms with Crippen molar-refractivity contribution in [3.05, 3.63) is 35.4 Å². The van der Waals surface area contributed by atoms with E-state index in [2.05, 4.69) is 38.1 Å². The van der Waals surface area contributed by atoms with Gasteiger partial charge in [-0.3, -0.25) is 0 Å². The molecule has 1 heteroatoms. The number of benzene rings is 1. The highest BCUT2D eigenvalue weighted by Crippen LogP contribution is 2.35. The minimum atomic E-state index is 0.576. The van der Waals surface area contributed by atoms with Crippen molar-refractivity contribution in [1.82, 2.24) is 0 Å². The third-order valence-corrected chi connectivity index (χ3v) is 3.28. The summed E-state index contributed by atoms with van der Waals surface area (Å²) in [6.45, 7) is 4.46. The Hall–Kier alpha value is -1.24. The van der Waals surface area contributed by atoms with E-state index in [-0.39, 0.29) is 0 Å².